The molecule has 0 atom stereocenters. The number of carbonyl (C=O) groups is 2. The number of hydrogen-bond donors (Lipinski definition) is 2. The summed E-state index contributed by atoms with van der Waals surface area (Å²) < 4.78 is 26.1. The molecule has 4 rings (SSSR count). The van der Waals surface area contributed by atoms with Gasteiger partial charge in [-0.1, -0.05) is 41.4 Å². The Labute approximate surface area is 205 Å². The van der Waals surface area contributed by atoms with Gasteiger partial charge in [0.15, 0.2) is 0 Å². The molecule has 4 aromatic rings. The van der Waals surface area contributed by atoms with Gasteiger partial charge < -0.3 is 5.32 Å². The molecule has 0 unspecified atom stereocenters. The summed E-state index contributed by atoms with van der Waals surface area (Å²) in [6.45, 7) is 1.11. The molecule has 0 fully saturated rings. The minimum Gasteiger partial charge on any atom is -0.322 e. The Balaban J connectivity index is 1.69. The maximum absolute atomic E-state index is 13.2. The molecule has 7 nitrogen and oxygen atoms in total. The van der Waals surface area contributed by atoms with E-state index in [1.807, 2.05) is 10.8 Å². The van der Waals surface area contributed by atoms with Crippen molar-refractivity contribution in [1.82, 2.24) is 9.71 Å². The molecular weight excluding hydrogens is 497 g/mol. The lowest BCUT2D eigenvalue weighted by molar-refractivity contribution is -0.117. The molecule has 0 saturated carbocycles. The molecule has 10 heteroatoms. The number of para-hydroxylation sites is 1. The maximum Gasteiger partial charge on any atom is 0.264 e. The van der Waals surface area contributed by atoms with E-state index < -0.39 is 21.8 Å². The van der Waals surface area contributed by atoms with Gasteiger partial charge in [0.05, 0.1) is 26.7 Å². The number of amides is 2. The number of nitrogens with zero attached hydrogens (tertiary/aromatic N) is 1. The number of sulfonamides is 1. The van der Waals surface area contributed by atoms with E-state index in [0.717, 1.165) is 6.92 Å². The summed E-state index contributed by atoms with van der Waals surface area (Å²) >= 11 is 12.4. The van der Waals surface area contributed by atoms with E-state index in [0.29, 0.717) is 43.5 Å². The Hall–Kier alpha value is -3.46. The van der Waals surface area contributed by atoms with Gasteiger partial charge in [-0.25, -0.2) is 18.1 Å². The lowest BCUT2D eigenvalue weighted by atomic mass is 10.0. The van der Waals surface area contributed by atoms with Gasteiger partial charge >= 0.3 is 0 Å². The Bertz CT molecular complexity index is 1540. The maximum atomic E-state index is 13.2. The topological polar surface area (TPSA) is 105 Å². The number of benzene rings is 3. The summed E-state index contributed by atoms with van der Waals surface area (Å²) in [7, 11) is -3.97. The van der Waals surface area contributed by atoms with Crippen LogP contribution in [0.5, 0.6) is 0 Å². The third-order valence-electron chi connectivity index (χ3n) is 4.87. The molecule has 0 aliphatic rings. The van der Waals surface area contributed by atoms with Crippen LogP contribution in [-0.4, -0.2) is 25.2 Å². The van der Waals surface area contributed by atoms with Crippen LogP contribution in [0, 0.1) is 0 Å². The first kappa shape index (κ1) is 23.7. The van der Waals surface area contributed by atoms with Crippen LogP contribution in [0.15, 0.2) is 77.7 Å². The first-order valence-corrected chi connectivity index (χ1v) is 12.2. The lowest BCUT2D eigenvalue weighted by Crippen LogP contribution is -2.28. The van der Waals surface area contributed by atoms with Crippen LogP contribution in [0.25, 0.3) is 22.2 Å². The van der Waals surface area contributed by atoms with Crippen LogP contribution in [0.1, 0.15) is 17.3 Å². The fourth-order valence-electron chi connectivity index (χ4n) is 3.36. The first-order valence-electron chi connectivity index (χ1n) is 9.94. The Morgan fingerprint density at radius 2 is 1.62 bits per heavy atom. The number of nitrogens with one attached hydrogen (secondary N) is 2. The van der Waals surface area contributed by atoms with Crippen LogP contribution in [0.4, 0.5) is 5.69 Å². The van der Waals surface area contributed by atoms with Crippen molar-refractivity contribution < 1.29 is 18.0 Å². The SMILES string of the molecule is CC(=O)NS(=O)(=O)c1ccc(NC(=O)c2cc(-c3ccc(Cl)cc3Cl)nc3ccccc23)cc1. The van der Waals surface area contributed by atoms with E-state index >= 15 is 0 Å². The number of fused-ring (bicyclic) bond motifs is 1. The second-order valence-corrected chi connectivity index (χ2v) is 9.86. The van der Waals surface area contributed by atoms with Crippen molar-refractivity contribution in [2.75, 3.05) is 5.32 Å². The standard InChI is InChI=1S/C24H17Cl2N3O4S/c1-14(30)29-34(32,33)17-9-7-16(8-10-17)27-24(31)20-13-23(19-11-6-15(25)12-21(19)26)28-22-5-3-2-4-18(20)22/h2-13H,1H3,(H,27,31)(H,29,30). The van der Waals surface area contributed by atoms with Gasteiger partial charge in [-0.05, 0) is 54.6 Å². The number of carbonyl (C=O) groups excluding carboxylic acids is 2. The van der Waals surface area contributed by atoms with E-state index in [2.05, 4.69) is 10.3 Å². The minimum absolute atomic E-state index is 0.102. The van der Waals surface area contributed by atoms with E-state index in [9.17, 15) is 18.0 Å². The van der Waals surface area contributed by atoms with E-state index in [4.69, 9.17) is 23.2 Å². The van der Waals surface area contributed by atoms with Crippen molar-refractivity contribution in [2.45, 2.75) is 11.8 Å². The van der Waals surface area contributed by atoms with Crippen LogP contribution in [0.2, 0.25) is 10.0 Å². The van der Waals surface area contributed by atoms with Gasteiger partial charge in [-0.2, -0.15) is 0 Å². The fraction of sp³-hybridized carbons (Fsp3) is 0.0417. The minimum atomic E-state index is -3.97. The number of pyridine rings is 1. The zero-order valence-electron chi connectivity index (χ0n) is 17.7. The predicted molar refractivity (Wildman–Crippen MR) is 133 cm³/mol. The molecule has 2 amide bonds. The molecule has 2 N–H and O–H groups in total. The quantitative estimate of drug-likeness (QED) is 0.377. The van der Waals surface area contributed by atoms with Crippen LogP contribution >= 0.6 is 23.2 Å². The molecule has 0 aliphatic heterocycles. The van der Waals surface area contributed by atoms with Crippen molar-refractivity contribution in [3.8, 4) is 11.3 Å². The molecule has 0 bridgehead atoms. The fourth-order valence-corrected chi connectivity index (χ4v) is 4.86. The Morgan fingerprint density at radius 1 is 0.912 bits per heavy atom. The molecular formula is C24H17Cl2N3O4S. The van der Waals surface area contributed by atoms with Gasteiger partial charge in [-0.15, -0.1) is 0 Å². The molecule has 0 radical (unpaired) electrons. The first-order chi connectivity index (χ1) is 16.1. The molecule has 3 aromatic carbocycles. The van der Waals surface area contributed by atoms with E-state index in [-0.39, 0.29) is 4.90 Å². The zero-order chi connectivity index (χ0) is 24.5. The van der Waals surface area contributed by atoms with Crippen LogP contribution in [0.3, 0.4) is 0 Å². The predicted octanol–water partition coefficient (Wildman–Crippen LogP) is 5.29. The number of rotatable bonds is 5. The highest BCUT2D eigenvalue weighted by Crippen LogP contribution is 2.32. The highest BCUT2D eigenvalue weighted by molar-refractivity contribution is 7.90. The van der Waals surface area contributed by atoms with E-state index in [1.54, 1.807) is 42.5 Å². The van der Waals surface area contributed by atoms with E-state index in [1.165, 1.54) is 24.3 Å². The Morgan fingerprint density at radius 3 is 2.29 bits per heavy atom. The smallest absolute Gasteiger partial charge is 0.264 e. The Kier molecular flexibility index (Phi) is 6.56. The van der Waals surface area contributed by atoms with Crippen molar-refractivity contribution in [3.05, 3.63) is 88.4 Å². The summed E-state index contributed by atoms with van der Waals surface area (Å²) in [5.74, 6) is -1.11. The number of halogens is 2. The molecule has 1 heterocycles. The van der Waals surface area contributed by atoms with Crippen molar-refractivity contribution in [2.24, 2.45) is 0 Å². The average Bonchev–Trinajstić information content (AvgIpc) is 2.78. The van der Waals surface area contributed by atoms with Crippen LogP contribution < -0.4 is 10.0 Å². The monoisotopic (exact) mass is 513 g/mol. The number of hydrogen-bond acceptors (Lipinski definition) is 5. The largest absolute Gasteiger partial charge is 0.322 e. The van der Waals surface area contributed by atoms with Crippen LogP contribution in [-0.2, 0) is 14.8 Å². The van der Waals surface area contributed by atoms with Gasteiger partial charge in [0.2, 0.25) is 5.91 Å². The van der Waals surface area contributed by atoms with Crippen molar-refractivity contribution in [1.29, 1.82) is 0 Å². The third kappa shape index (κ3) is 5.04. The molecule has 34 heavy (non-hydrogen) atoms. The molecule has 0 saturated heterocycles. The lowest BCUT2D eigenvalue weighted by Gasteiger charge is -2.12. The summed E-state index contributed by atoms with van der Waals surface area (Å²) in [6.07, 6.45) is 0. The van der Waals surface area contributed by atoms with Gasteiger partial charge in [0, 0.05) is 28.6 Å². The normalized spacial score (nSPS) is 11.3. The average molecular weight is 514 g/mol. The van der Waals surface area contributed by atoms with Gasteiger partial charge in [0.25, 0.3) is 15.9 Å². The highest BCUT2D eigenvalue weighted by Gasteiger charge is 2.18. The molecule has 172 valence electrons. The summed E-state index contributed by atoms with van der Waals surface area (Å²) in [5, 5.41) is 4.29. The summed E-state index contributed by atoms with van der Waals surface area (Å²) in [4.78, 5) is 28.9. The number of aromatic nitrogens is 1. The van der Waals surface area contributed by atoms with Crippen molar-refractivity contribution >= 4 is 61.6 Å². The summed E-state index contributed by atoms with van der Waals surface area (Å²) in [6, 6.07) is 19.3. The second-order valence-electron chi connectivity index (χ2n) is 7.34. The second kappa shape index (κ2) is 9.42. The third-order valence-corrected chi connectivity index (χ3v) is 6.87. The van der Waals surface area contributed by atoms with Gasteiger partial charge in [-0.3, -0.25) is 9.59 Å². The van der Waals surface area contributed by atoms with Crippen molar-refractivity contribution in [3.63, 3.8) is 0 Å². The molecule has 1 aromatic heterocycles. The highest BCUT2D eigenvalue weighted by atomic mass is 35.5. The zero-order valence-corrected chi connectivity index (χ0v) is 20.0. The summed E-state index contributed by atoms with van der Waals surface area (Å²) in [5.41, 5.74) is 2.47. The van der Waals surface area contributed by atoms with Gasteiger partial charge in [0.1, 0.15) is 0 Å². The number of anilines is 1. The molecule has 0 aliphatic carbocycles. The molecule has 0 spiro atoms.